The Morgan fingerprint density at radius 2 is 1.97 bits per heavy atom. The summed E-state index contributed by atoms with van der Waals surface area (Å²) in [6.45, 7) is -0.396. The molecule has 1 unspecified atom stereocenters. The molecule has 2 aliphatic heterocycles. The van der Waals surface area contributed by atoms with Gasteiger partial charge in [-0.05, 0) is 17.7 Å². The van der Waals surface area contributed by atoms with E-state index in [1.54, 1.807) is 0 Å². The van der Waals surface area contributed by atoms with Crippen LogP contribution in [0.3, 0.4) is 0 Å². The summed E-state index contributed by atoms with van der Waals surface area (Å²) in [5.41, 5.74) is 7.78. The van der Waals surface area contributed by atoms with Crippen molar-refractivity contribution >= 4 is 11.8 Å². The number of hydrogen-bond acceptors (Lipinski definition) is 10. The molecule has 2 aromatic rings. The molecule has 0 radical (unpaired) electrons. The first kappa shape index (κ1) is 26.6. The molecule has 3 N–H and O–H groups in total. The highest BCUT2D eigenvalue weighted by atomic mass is 32.2. The third-order valence-corrected chi connectivity index (χ3v) is 7.46. The van der Waals surface area contributed by atoms with Crippen molar-refractivity contribution in [3.63, 3.8) is 0 Å². The highest BCUT2D eigenvalue weighted by Crippen LogP contribution is 2.40. The van der Waals surface area contributed by atoms with E-state index in [1.165, 1.54) is 18.0 Å². The number of thioether (sulfide) groups is 1. The number of azide groups is 1. The Balaban J connectivity index is 1.62. The first-order valence-electron chi connectivity index (χ1n) is 10.8. The highest BCUT2D eigenvalue weighted by Gasteiger charge is 2.49. The lowest BCUT2D eigenvalue weighted by Gasteiger charge is -2.45. The zero-order chi connectivity index (χ0) is 26.0. The molecule has 0 amide bonds. The Morgan fingerprint density at radius 1 is 1.25 bits per heavy atom. The minimum atomic E-state index is -1.62. The number of rotatable bonds is 7. The fraction of sp³-hybridized carbons (Fsp3) is 0.600. The van der Waals surface area contributed by atoms with E-state index in [0.29, 0.717) is 0 Å². The van der Waals surface area contributed by atoms with E-state index in [2.05, 4.69) is 20.3 Å². The van der Waals surface area contributed by atoms with Gasteiger partial charge in [-0.2, -0.15) is 0 Å². The molecule has 12 nitrogen and oxygen atoms in total. The van der Waals surface area contributed by atoms with Gasteiger partial charge in [-0.3, -0.25) is 0 Å². The van der Waals surface area contributed by atoms with Crippen LogP contribution in [0.1, 0.15) is 6.04 Å². The maximum absolute atomic E-state index is 13.7. The van der Waals surface area contributed by atoms with Crippen LogP contribution in [0, 0.1) is 17.5 Å². The van der Waals surface area contributed by atoms with Gasteiger partial charge < -0.3 is 29.5 Å². The van der Waals surface area contributed by atoms with Crippen LogP contribution >= 0.6 is 11.8 Å². The molecule has 0 aliphatic carbocycles. The summed E-state index contributed by atoms with van der Waals surface area (Å²) in [6, 6.07) is -0.263. The number of ether oxygens (including phenoxy) is 3. The van der Waals surface area contributed by atoms with Crippen molar-refractivity contribution < 1.29 is 42.7 Å². The maximum Gasteiger partial charge on any atom is 0.194 e. The minimum Gasteiger partial charge on any atom is -0.394 e. The largest absolute Gasteiger partial charge is 0.394 e. The second kappa shape index (κ2) is 11.3. The van der Waals surface area contributed by atoms with Crippen LogP contribution in [0.25, 0.3) is 21.7 Å². The van der Waals surface area contributed by atoms with Crippen LogP contribution in [0.4, 0.5) is 13.2 Å². The quantitative estimate of drug-likeness (QED) is 0.205. The maximum atomic E-state index is 13.7. The van der Waals surface area contributed by atoms with Crippen molar-refractivity contribution in [3.8, 4) is 11.3 Å². The van der Waals surface area contributed by atoms with Crippen LogP contribution in [0.5, 0.6) is 0 Å². The number of benzene rings is 1. The third kappa shape index (κ3) is 5.17. The van der Waals surface area contributed by atoms with E-state index in [0.717, 1.165) is 23.9 Å². The van der Waals surface area contributed by atoms with Crippen LogP contribution < -0.4 is 0 Å². The van der Waals surface area contributed by atoms with Crippen molar-refractivity contribution in [1.29, 1.82) is 0 Å². The predicted octanol–water partition coefficient (Wildman–Crippen LogP) is 1.17. The number of aromatic nitrogens is 3. The molecule has 0 spiro atoms. The van der Waals surface area contributed by atoms with Crippen LogP contribution in [-0.4, -0.2) is 98.4 Å². The molecule has 1 aromatic carbocycles. The van der Waals surface area contributed by atoms with Gasteiger partial charge in [-0.1, -0.05) is 10.3 Å². The smallest absolute Gasteiger partial charge is 0.194 e. The van der Waals surface area contributed by atoms with Crippen molar-refractivity contribution in [3.05, 3.63) is 46.2 Å². The third-order valence-electron chi connectivity index (χ3n) is 6.05. The Kier molecular flexibility index (Phi) is 8.37. The van der Waals surface area contributed by atoms with E-state index in [1.807, 2.05) is 0 Å². The molecule has 8 atom stereocenters. The number of hydrogen-bond donors (Lipinski definition) is 3. The minimum absolute atomic E-state index is 0.000550. The van der Waals surface area contributed by atoms with Gasteiger partial charge in [0.05, 0.1) is 43.4 Å². The van der Waals surface area contributed by atoms with Gasteiger partial charge in [0.25, 0.3) is 0 Å². The van der Waals surface area contributed by atoms with E-state index < -0.39 is 71.2 Å². The van der Waals surface area contributed by atoms with Crippen LogP contribution in [-0.2, 0) is 14.2 Å². The van der Waals surface area contributed by atoms with E-state index in [9.17, 15) is 28.5 Å². The summed E-state index contributed by atoms with van der Waals surface area (Å²) in [5.74, 6) is -4.42. The molecule has 2 aliphatic rings. The zero-order valence-electron chi connectivity index (χ0n) is 18.8. The number of halogens is 3. The molecule has 2 fully saturated rings. The number of methoxy groups -OCH3 is 1. The second-order valence-electron chi connectivity index (χ2n) is 8.22. The molecular formula is C20H23F3N6O6S. The monoisotopic (exact) mass is 532 g/mol. The lowest BCUT2D eigenvalue weighted by Crippen LogP contribution is -2.57. The first-order valence-corrected chi connectivity index (χ1v) is 11.7. The molecule has 36 heavy (non-hydrogen) atoms. The summed E-state index contributed by atoms with van der Waals surface area (Å²) < 4.78 is 58.9. The average Bonchev–Trinajstić information content (AvgIpc) is 3.35. The fourth-order valence-corrected chi connectivity index (χ4v) is 5.69. The summed E-state index contributed by atoms with van der Waals surface area (Å²) in [4.78, 5) is 2.72. The van der Waals surface area contributed by atoms with Crippen molar-refractivity contribution in [2.45, 2.75) is 47.2 Å². The molecule has 4 rings (SSSR count). The van der Waals surface area contributed by atoms with Gasteiger partial charge in [0.15, 0.2) is 17.5 Å². The zero-order valence-corrected chi connectivity index (χ0v) is 19.6. The Hall–Kier alpha value is -2.43. The second-order valence-corrected chi connectivity index (χ2v) is 9.56. The Morgan fingerprint density at radius 3 is 2.61 bits per heavy atom. The number of aliphatic hydroxyl groups is 3. The molecule has 196 valence electrons. The summed E-state index contributed by atoms with van der Waals surface area (Å²) in [6.07, 6.45) is -3.08. The van der Waals surface area contributed by atoms with Gasteiger partial charge in [0, 0.05) is 17.6 Å². The molecule has 0 bridgehead atoms. The van der Waals surface area contributed by atoms with E-state index >= 15 is 0 Å². The molecule has 1 aromatic heterocycles. The van der Waals surface area contributed by atoms with E-state index in [-0.39, 0.29) is 24.5 Å². The average molecular weight is 533 g/mol. The van der Waals surface area contributed by atoms with Gasteiger partial charge in [0.2, 0.25) is 0 Å². The van der Waals surface area contributed by atoms with Gasteiger partial charge >= 0.3 is 0 Å². The highest BCUT2D eigenvalue weighted by molar-refractivity contribution is 8.00. The fourth-order valence-electron chi connectivity index (χ4n) is 4.19. The summed E-state index contributed by atoms with van der Waals surface area (Å²) in [5, 5.41) is 42.1. The molecule has 3 heterocycles. The SMILES string of the molecule is CO[C@@H]1[C@@H](n2cc(-c3cc(F)c(F)c(F)c3)nn2)[C@@H](O)[C@@H](CO)O[C@H]1S[C@@H]1COCC(N=[N+]=[N-])[C@H]1O. The van der Waals surface area contributed by atoms with Crippen molar-refractivity contribution in [2.24, 2.45) is 5.11 Å². The molecule has 16 heteroatoms. The first-order chi connectivity index (χ1) is 17.3. The molecular weight excluding hydrogens is 509 g/mol. The van der Waals surface area contributed by atoms with Crippen LogP contribution in [0.15, 0.2) is 23.4 Å². The lowest BCUT2D eigenvalue weighted by molar-refractivity contribution is -0.186. The Bertz CT molecular complexity index is 1100. The topological polar surface area (TPSA) is 168 Å². The Labute approximate surface area is 206 Å². The number of aliphatic hydroxyl groups excluding tert-OH is 3. The van der Waals surface area contributed by atoms with Crippen LogP contribution in [0.2, 0.25) is 0 Å². The predicted molar refractivity (Wildman–Crippen MR) is 118 cm³/mol. The standard InChI is InChI=1S/C20H23F3N6O6S/c1-33-19-16(29-4-11(26-28-29)8-2-9(21)15(23)10(22)3-8)18(32)13(5-30)35-20(19)36-14-7-34-6-12(17(14)31)25-27-24/h2-4,12-14,16-20,30-32H,5-7H2,1H3/t12?,13-,14-,16+,17-,18+,19-,20+/m1/s1. The van der Waals surface area contributed by atoms with Crippen molar-refractivity contribution in [1.82, 2.24) is 15.0 Å². The van der Waals surface area contributed by atoms with Gasteiger partial charge in [0.1, 0.15) is 35.5 Å². The molecule has 2 saturated heterocycles. The van der Waals surface area contributed by atoms with Crippen molar-refractivity contribution in [2.75, 3.05) is 26.9 Å². The summed E-state index contributed by atoms with van der Waals surface area (Å²) >= 11 is 1.11. The van der Waals surface area contributed by atoms with Gasteiger partial charge in [-0.15, -0.1) is 16.9 Å². The number of nitrogens with zero attached hydrogens (tertiary/aromatic N) is 6. The normalized spacial score (nSPS) is 32.8. The molecule has 0 saturated carbocycles. The lowest BCUT2D eigenvalue weighted by atomic mass is 9.97. The van der Waals surface area contributed by atoms with E-state index in [4.69, 9.17) is 19.7 Å². The van der Waals surface area contributed by atoms with Gasteiger partial charge in [-0.25, -0.2) is 17.9 Å². The summed E-state index contributed by atoms with van der Waals surface area (Å²) in [7, 11) is 1.36.